The number of esters is 1. The fourth-order valence-electron chi connectivity index (χ4n) is 3.88. The van der Waals surface area contributed by atoms with E-state index in [4.69, 9.17) is 18.9 Å². The van der Waals surface area contributed by atoms with E-state index in [1.165, 1.54) is 25.8 Å². The standard InChI is InChI=1S/C23H28N2O9S/c1-5-32-14(3)34-18(15-9-7-6-8-10-15)19(27)24-23(31-4)21(30)25-17(20(28)29)16(11-33-13(2)26)12-35-22(23)25/h6-10,14,18,22H,5,11-12H2,1-4H3,(H,24,27)(H,28,29)/t14?,18?,22-,23+/m1/s1. The van der Waals surface area contributed by atoms with Gasteiger partial charge in [0.05, 0.1) is 0 Å². The lowest BCUT2D eigenvalue weighted by Gasteiger charge is -2.55. The number of ether oxygens (including phenoxy) is 4. The van der Waals surface area contributed by atoms with Crippen molar-refractivity contribution in [2.45, 2.75) is 44.3 Å². The molecule has 0 aliphatic carbocycles. The van der Waals surface area contributed by atoms with Crippen LogP contribution in [0.2, 0.25) is 0 Å². The molecule has 1 aromatic carbocycles. The number of carboxylic acids is 1. The molecule has 0 radical (unpaired) electrons. The summed E-state index contributed by atoms with van der Waals surface area (Å²) in [6, 6.07) is 8.70. The van der Waals surface area contributed by atoms with E-state index in [-0.39, 0.29) is 23.6 Å². The summed E-state index contributed by atoms with van der Waals surface area (Å²) in [5.41, 5.74) is -1.28. The quantitative estimate of drug-likeness (QED) is 0.256. The van der Waals surface area contributed by atoms with Crippen LogP contribution in [-0.4, -0.2) is 77.2 Å². The maximum Gasteiger partial charge on any atom is 0.352 e. The molecule has 2 amide bonds. The number of aliphatic carboxylic acids is 1. The van der Waals surface area contributed by atoms with E-state index in [2.05, 4.69) is 5.32 Å². The summed E-state index contributed by atoms with van der Waals surface area (Å²) in [6.07, 6.45) is -1.83. The second kappa shape index (κ2) is 11.2. The molecule has 2 N–H and O–H groups in total. The van der Waals surface area contributed by atoms with E-state index in [1.807, 2.05) is 0 Å². The average Bonchev–Trinajstić information content (AvgIpc) is 2.84. The Morgan fingerprint density at radius 3 is 2.54 bits per heavy atom. The predicted octanol–water partition coefficient (Wildman–Crippen LogP) is 1.40. The summed E-state index contributed by atoms with van der Waals surface area (Å²) in [6.45, 7) is 4.77. The number of carbonyl (C=O) groups is 4. The average molecular weight is 509 g/mol. The number of β-lactam (4-membered cyclic amide) rings is 1. The lowest BCUT2D eigenvalue weighted by atomic mass is 9.97. The van der Waals surface area contributed by atoms with Crippen LogP contribution in [0.4, 0.5) is 0 Å². The SMILES string of the molecule is CCOC(C)OC(C(=O)N[C@]1(OC)C(=O)N2C(C(=O)O)=C(COC(C)=O)CS[C@@H]21)c1ccccc1. The van der Waals surface area contributed by atoms with Gasteiger partial charge in [-0.1, -0.05) is 30.3 Å². The van der Waals surface area contributed by atoms with Crippen molar-refractivity contribution in [1.29, 1.82) is 0 Å². The molecule has 4 atom stereocenters. The van der Waals surface area contributed by atoms with Crippen LogP contribution in [0.5, 0.6) is 0 Å². The zero-order chi connectivity index (χ0) is 25.8. The fourth-order valence-corrected chi connectivity index (χ4v) is 5.30. The molecule has 190 valence electrons. The number of rotatable bonds is 11. The molecule has 0 saturated carbocycles. The summed E-state index contributed by atoms with van der Waals surface area (Å²) < 4.78 is 21.7. The van der Waals surface area contributed by atoms with E-state index in [1.54, 1.807) is 44.2 Å². The Balaban J connectivity index is 1.87. The molecule has 1 fully saturated rings. The van der Waals surface area contributed by atoms with Crippen molar-refractivity contribution in [1.82, 2.24) is 10.2 Å². The van der Waals surface area contributed by atoms with Crippen molar-refractivity contribution < 1.29 is 43.2 Å². The van der Waals surface area contributed by atoms with E-state index < -0.39 is 47.2 Å². The van der Waals surface area contributed by atoms with Crippen LogP contribution in [-0.2, 0) is 38.1 Å². The Bertz CT molecular complexity index is 1020. The molecule has 2 aliphatic heterocycles. The molecular weight excluding hydrogens is 480 g/mol. The second-order valence-electron chi connectivity index (χ2n) is 7.75. The van der Waals surface area contributed by atoms with Gasteiger partial charge in [-0.2, -0.15) is 0 Å². The molecule has 2 unspecified atom stereocenters. The number of nitrogens with zero attached hydrogens (tertiary/aromatic N) is 1. The number of carbonyl (C=O) groups excluding carboxylic acids is 3. The van der Waals surface area contributed by atoms with Crippen LogP contribution in [0.1, 0.15) is 32.4 Å². The third-order valence-corrected chi connectivity index (χ3v) is 6.84. The molecule has 0 bridgehead atoms. The van der Waals surface area contributed by atoms with Gasteiger partial charge in [0.2, 0.25) is 0 Å². The van der Waals surface area contributed by atoms with Gasteiger partial charge in [-0.15, -0.1) is 11.8 Å². The number of fused-ring (bicyclic) bond motifs is 1. The van der Waals surface area contributed by atoms with Crippen molar-refractivity contribution in [2.75, 3.05) is 26.1 Å². The molecule has 1 saturated heterocycles. The first-order chi connectivity index (χ1) is 16.7. The molecule has 11 nitrogen and oxygen atoms in total. The molecular formula is C23H28N2O9S. The minimum Gasteiger partial charge on any atom is -0.477 e. The number of thioether (sulfide) groups is 1. The predicted molar refractivity (Wildman–Crippen MR) is 124 cm³/mol. The van der Waals surface area contributed by atoms with E-state index in [0.29, 0.717) is 12.2 Å². The zero-order valence-corrected chi connectivity index (χ0v) is 20.6. The highest BCUT2D eigenvalue weighted by Crippen LogP contribution is 2.47. The van der Waals surface area contributed by atoms with Gasteiger partial charge in [0.1, 0.15) is 17.7 Å². The highest BCUT2D eigenvalue weighted by molar-refractivity contribution is 8.00. The van der Waals surface area contributed by atoms with Gasteiger partial charge in [0.25, 0.3) is 17.5 Å². The maximum atomic E-state index is 13.4. The number of methoxy groups -OCH3 is 1. The molecule has 12 heteroatoms. The minimum atomic E-state index is -1.80. The molecule has 2 heterocycles. The van der Waals surface area contributed by atoms with Gasteiger partial charge < -0.3 is 29.4 Å². The summed E-state index contributed by atoms with van der Waals surface area (Å²) in [5.74, 6) is -3.17. The van der Waals surface area contributed by atoms with Crippen LogP contribution in [0.25, 0.3) is 0 Å². The van der Waals surface area contributed by atoms with Crippen LogP contribution in [0, 0.1) is 0 Å². The Labute approximate surface area is 206 Å². The zero-order valence-electron chi connectivity index (χ0n) is 19.8. The number of amides is 2. The van der Waals surface area contributed by atoms with E-state index in [0.717, 1.165) is 4.90 Å². The topological polar surface area (TPSA) is 141 Å². The smallest absolute Gasteiger partial charge is 0.352 e. The lowest BCUT2D eigenvalue weighted by molar-refractivity contribution is -0.199. The second-order valence-corrected chi connectivity index (χ2v) is 8.82. The van der Waals surface area contributed by atoms with Gasteiger partial charge in [-0.25, -0.2) is 4.79 Å². The summed E-state index contributed by atoms with van der Waals surface area (Å²) >= 11 is 1.19. The van der Waals surface area contributed by atoms with Gasteiger partial charge in [0, 0.05) is 32.0 Å². The van der Waals surface area contributed by atoms with Crippen molar-refractivity contribution in [3.05, 3.63) is 47.2 Å². The van der Waals surface area contributed by atoms with Gasteiger partial charge >= 0.3 is 11.9 Å². The number of benzene rings is 1. The highest BCUT2D eigenvalue weighted by atomic mass is 32.2. The van der Waals surface area contributed by atoms with Gasteiger partial charge in [0.15, 0.2) is 12.4 Å². The van der Waals surface area contributed by atoms with Gasteiger partial charge in [-0.05, 0) is 19.4 Å². The molecule has 3 rings (SSSR count). The molecule has 0 spiro atoms. The van der Waals surface area contributed by atoms with Crippen molar-refractivity contribution in [3.63, 3.8) is 0 Å². The Hall–Kier alpha value is -2.93. The molecule has 0 aromatic heterocycles. The third kappa shape index (κ3) is 5.35. The van der Waals surface area contributed by atoms with Crippen LogP contribution < -0.4 is 5.32 Å². The number of nitrogens with one attached hydrogen (secondary N) is 1. The third-order valence-electron chi connectivity index (χ3n) is 5.46. The monoisotopic (exact) mass is 508 g/mol. The van der Waals surface area contributed by atoms with Crippen LogP contribution in [0.3, 0.4) is 0 Å². The summed E-state index contributed by atoms with van der Waals surface area (Å²) in [5, 5.41) is 11.6. The number of hydrogen-bond acceptors (Lipinski definition) is 9. The largest absolute Gasteiger partial charge is 0.477 e. The van der Waals surface area contributed by atoms with Gasteiger partial charge in [-0.3, -0.25) is 19.3 Å². The van der Waals surface area contributed by atoms with Crippen LogP contribution in [0.15, 0.2) is 41.6 Å². The van der Waals surface area contributed by atoms with Crippen molar-refractivity contribution in [2.24, 2.45) is 0 Å². The Morgan fingerprint density at radius 1 is 1.29 bits per heavy atom. The Kier molecular flexibility index (Phi) is 8.54. The van der Waals surface area contributed by atoms with Crippen LogP contribution >= 0.6 is 11.8 Å². The highest BCUT2D eigenvalue weighted by Gasteiger charge is 2.67. The first-order valence-electron chi connectivity index (χ1n) is 10.9. The maximum absolute atomic E-state index is 13.4. The fraction of sp³-hybridized carbons (Fsp3) is 0.478. The molecule has 2 aliphatic rings. The minimum absolute atomic E-state index is 0.157. The number of carboxylic acid groups (broad SMARTS) is 1. The first-order valence-corrected chi connectivity index (χ1v) is 11.9. The molecule has 35 heavy (non-hydrogen) atoms. The van der Waals surface area contributed by atoms with E-state index in [9.17, 15) is 24.3 Å². The van der Waals surface area contributed by atoms with Crippen molar-refractivity contribution in [3.8, 4) is 0 Å². The lowest BCUT2D eigenvalue weighted by Crippen LogP contribution is -2.81. The van der Waals surface area contributed by atoms with E-state index >= 15 is 0 Å². The Morgan fingerprint density at radius 2 is 1.97 bits per heavy atom. The first kappa shape index (κ1) is 26.7. The summed E-state index contributed by atoms with van der Waals surface area (Å²) in [7, 11) is 1.26. The summed E-state index contributed by atoms with van der Waals surface area (Å²) in [4.78, 5) is 50.9. The molecule has 1 aromatic rings. The van der Waals surface area contributed by atoms with Crippen molar-refractivity contribution >= 4 is 35.5 Å². The normalized spacial score (nSPS) is 23.1. The number of hydrogen-bond donors (Lipinski definition) is 2.